The van der Waals surface area contributed by atoms with Gasteiger partial charge >= 0.3 is 0 Å². The van der Waals surface area contributed by atoms with Gasteiger partial charge in [0.2, 0.25) is 0 Å². The van der Waals surface area contributed by atoms with Gasteiger partial charge in [-0.1, -0.05) is 48.5 Å². The highest BCUT2D eigenvalue weighted by molar-refractivity contribution is 7.98. The zero-order valence-corrected chi connectivity index (χ0v) is 15.2. The van der Waals surface area contributed by atoms with Gasteiger partial charge in [0.25, 0.3) is 0 Å². The molecule has 1 unspecified atom stereocenters. The van der Waals surface area contributed by atoms with Crippen LogP contribution in [-0.4, -0.2) is 36.2 Å². The average Bonchev–Trinajstić information content (AvgIpc) is 2.72. The van der Waals surface area contributed by atoms with Gasteiger partial charge in [-0.15, -0.1) is 11.8 Å². The van der Waals surface area contributed by atoms with Crippen molar-refractivity contribution in [3.63, 3.8) is 0 Å². The zero-order valence-electron chi connectivity index (χ0n) is 14.4. The van der Waals surface area contributed by atoms with Gasteiger partial charge in [-0.2, -0.15) is 0 Å². The molecule has 0 amide bonds. The maximum atomic E-state index is 9.51. The Morgan fingerprint density at radius 1 is 1.12 bits per heavy atom. The van der Waals surface area contributed by atoms with Crippen LogP contribution in [0.5, 0.6) is 0 Å². The predicted octanol–water partition coefficient (Wildman–Crippen LogP) is 4.43. The second-order valence-corrected chi connectivity index (χ2v) is 7.48. The van der Waals surface area contributed by atoms with Gasteiger partial charge in [0.05, 0.1) is 6.10 Å². The largest absolute Gasteiger partial charge is 0.392 e. The van der Waals surface area contributed by atoms with E-state index < -0.39 is 0 Å². The van der Waals surface area contributed by atoms with Crippen molar-refractivity contribution in [2.45, 2.75) is 30.1 Å². The molecule has 0 spiro atoms. The Balaban J connectivity index is 1.89. The standard InChI is InChI=1S/C21H25NOS/c1-16(23)14-22(2)13-7-11-19-18-9-4-3-8-17(18)15-24-21-12-6-5-10-20(19)21/h3-6,8-12,16,23H,7,13-15H2,1-2H3. The summed E-state index contributed by atoms with van der Waals surface area (Å²) in [6.07, 6.45) is 3.06. The van der Waals surface area contributed by atoms with Crippen LogP contribution in [0.15, 0.2) is 59.5 Å². The van der Waals surface area contributed by atoms with E-state index in [9.17, 15) is 5.11 Å². The molecule has 1 heterocycles. The summed E-state index contributed by atoms with van der Waals surface area (Å²) in [5.41, 5.74) is 5.44. The molecule has 0 aliphatic carbocycles. The van der Waals surface area contributed by atoms with Crippen LogP contribution >= 0.6 is 11.8 Å². The number of hydrogen-bond acceptors (Lipinski definition) is 3. The quantitative estimate of drug-likeness (QED) is 0.872. The Morgan fingerprint density at radius 3 is 2.62 bits per heavy atom. The summed E-state index contributed by atoms with van der Waals surface area (Å²) in [5, 5.41) is 9.51. The van der Waals surface area contributed by atoms with Crippen molar-refractivity contribution in [2.24, 2.45) is 0 Å². The van der Waals surface area contributed by atoms with E-state index in [1.165, 1.54) is 27.2 Å². The van der Waals surface area contributed by atoms with E-state index in [0.29, 0.717) is 6.54 Å². The Morgan fingerprint density at radius 2 is 1.83 bits per heavy atom. The van der Waals surface area contributed by atoms with Crippen LogP contribution in [0.4, 0.5) is 0 Å². The van der Waals surface area contributed by atoms with Crippen molar-refractivity contribution >= 4 is 17.3 Å². The first-order chi connectivity index (χ1) is 11.6. The molecule has 3 rings (SSSR count). The monoisotopic (exact) mass is 339 g/mol. The van der Waals surface area contributed by atoms with Crippen molar-refractivity contribution in [3.05, 3.63) is 71.3 Å². The van der Waals surface area contributed by atoms with Crippen molar-refractivity contribution in [1.82, 2.24) is 4.90 Å². The Kier molecular flexibility index (Phi) is 5.77. The molecule has 0 fully saturated rings. The van der Waals surface area contributed by atoms with Crippen LogP contribution in [0.2, 0.25) is 0 Å². The maximum Gasteiger partial charge on any atom is 0.0638 e. The number of hydrogen-bond donors (Lipinski definition) is 1. The molecule has 0 bridgehead atoms. The van der Waals surface area contributed by atoms with E-state index in [1.54, 1.807) is 0 Å². The molecule has 1 N–H and O–H groups in total. The molecular weight excluding hydrogens is 314 g/mol. The van der Waals surface area contributed by atoms with Crippen molar-refractivity contribution in [1.29, 1.82) is 0 Å². The number of aliphatic hydroxyl groups excluding tert-OH is 1. The first kappa shape index (κ1) is 17.3. The fourth-order valence-electron chi connectivity index (χ4n) is 3.22. The van der Waals surface area contributed by atoms with Gasteiger partial charge in [0.15, 0.2) is 0 Å². The topological polar surface area (TPSA) is 23.5 Å². The lowest BCUT2D eigenvalue weighted by atomic mass is 9.93. The third kappa shape index (κ3) is 4.10. The molecule has 1 aliphatic heterocycles. The van der Waals surface area contributed by atoms with E-state index in [-0.39, 0.29) is 6.10 Å². The Hall–Kier alpha value is -1.55. The summed E-state index contributed by atoms with van der Waals surface area (Å²) in [6.45, 7) is 3.50. The number of thioether (sulfide) groups is 1. The normalized spacial score (nSPS) is 16.6. The molecule has 126 valence electrons. The van der Waals surface area contributed by atoms with Crippen LogP contribution in [0.1, 0.15) is 30.0 Å². The Labute approximate surface area is 149 Å². The minimum Gasteiger partial charge on any atom is -0.392 e. The first-order valence-electron chi connectivity index (χ1n) is 8.52. The highest BCUT2D eigenvalue weighted by atomic mass is 32.2. The summed E-state index contributed by atoms with van der Waals surface area (Å²) in [4.78, 5) is 3.54. The van der Waals surface area contributed by atoms with Gasteiger partial charge in [0.1, 0.15) is 0 Å². The number of likely N-dealkylation sites (N-methyl/N-ethyl adjacent to an activating group) is 1. The minimum absolute atomic E-state index is 0.279. The number of nitrogens with zero attached hydrogens (tertiary/aromatic N) is 1. The molecule has 0 saturated carbocycles. The molecule has 1 aliphatic rings. The average molecular weight is 340 g/mol. The van der Waals surface area contributed by atoms with Gasteiger partial charge in [-0.3, -0.25) is 0 Å². The molecule has 1 atom stereocenters. The van der Waals surface area contributed by atoms with E-state index in [0.717, 1.165) is 18.7 Å². The fourth-order valence-corrected chi connectivity index (χ4v) is 4.29. The molecule has 2 aromatic rings. The van der Waals surface area contributed by atoms with Crippen LogP contribution in [-0.2, 0) is 5.75 Å². The third-order valence-corrected chi connectivity index (χ3v) is 5.43. The highest BCUT2D eigenvalue weighted by Crippen LogP contribution is 2.39. The van der Waals surface area contributed by atoms with Gasteiger partial charge in [-0.25, -0.2) is 0 Å². The second kappa shape index (κ2) is 8.02. The third-order valence-electron chi connectivity index (χ3n) is 4.30. The summed E-state index contributed by atoms with van der Waals surface area (Å²) < 4.78 is 0. The van der Waals surface area contributed by atoms with Crippen molar-refractivity contribution < 1.29 is 5.11 Å². The molecule has 0 radical (unpaired) electrons. The molecule has 24 heavy (non-hydrogen) atoms. The minimum atomic E-state index is -0.279. The maximum absolute atomic E-state index is 9.51. The number of rotatable bonds is 5. The molecular formula is C21H25NOS. The first-order valence-corrected chi connectivity index (χ1v) is 9.51. The lowest BCUT2D eigenvalue weighted by Gasteiger charge is -2.18. The summed E-state index contributed by atoms with van der Waals surface area (Å²) in [5.74, 6) is 1.02. The molecule has 0 saturated heterocycles. The van der Waals surface area contributed by atoms with E-state index >= 15 is 0 Å². The fraction of sp³-hybridized carbons (Fsp3) is 0.333. The lowest BCUT2D eigenvalue weighted by molar-refractivity contribution is 0.142. The molecule has 2 nitrogen and oxygen atoms in total. The van der Waals surface area contributed by atoms with Gasteiger partial charge in [0, 0.05) is 23.7 Å². The van der Waals surface area contributed by atoms with E-state index in [4.69, 9.17) is 0 Å². The summed E-state index contributed by atoms with van der Waals surface area (Å²) >= 11 is 1.92. The Bertz CT molecular complexity index is 674. The molecule has 3 heteroatoms. The predicted molar refractivity (Wildman–Crippen MR) is 103 cm³/mol. The van der Waals surface area contributed by atoms with Crippen LogP contribution < -0.4 is 0 Å². The number of fused-ring (bicyclic) bond motifs is 2. The number of benzene rings is 2. The molecule has 0 aromatic heterocycles. The van der Waals surface area contributed by atoms with Crippen molar-refractivity contribution in [3.8, 4) is 0 Å². The lowest BCUT2D eigenvalue weighted by Crippen LogP contribution is -2.27. The van der Waals surface area contributed by atoms with Crippen molar-refractivity contribution in [2.75, 3.05) is 20.1 Å². The second-order valence-electron chi connectivity index (χ2n) is 6.46. The summed E-state index contributed by atoms with van der Waals surface area (Å²) in [6, 6.07) is 17.4. The number of aliphatic hydroxyl groups is 1. The van der Waals surface area contributed by atoms with Crippen LogP contribution in [0.3, 0.4) is 0 Å². The van der Waals surface area contributed by atoms with Gasteiger partial charge in [-0.05, 0) is 48.7 Å². The van der Waals surface area contributed by atoms with Gasteiger partial charge < -0.3 is 10.0 Å². The SMILES string of the molecule is CC(O)CN(C)CCC=C1c2ccccc2CSc2ccccc21. The van der Waals surface area contributed by atoms with E-state index in [1.807, 2.05) is 18.7 Å². The molecule has 2 aromatic carbocycles. The van der Waals surface area contributed by atoms with Crippen LogP contribution in [0, 0.1) is 0 Å². The van der Waals surface area contributed by atoms with Crippen LogP contribution in [0.25, 0.3) is 5.57 Å². The smallest absolute Gasteiger partial charge is 0.0638 e. The zero-order chi connectivity index (χ0) is 16.9. The highest BCUT2D eigenvalue weighted by Gasteiger charge is 2.17. The summed E-state index contributed by atoms with van der Waals surface area (Å²) in [7, 11) is 2.07. The van der Waals surface area contributed by atoms with E-state index in [2.05, 4.69) is 66.6 Å².